The van der Waals surface area contributed by atoms with Crippen LogP contribution in [0.4, 0.5) is 4.79 Å². The fourth-order valence-corrected chi connectivity index (χ4v) is 1.87. The van der Waals surface area contributed by atoms with Crippen LogP contribution < -0.4 is 5.32 Å². The highest BCUT2D eigenvalue weighted by atomic mass is 16.4. The average molecular weight is 300 g/mol. The molecule has 2 N–H and O–H groups in total. The van der Waals surface area contributed by atoms with Crippen LogP contribution in [0, 0.1) is 17.8 Å². The summed E-state index contributed by atoms with van der Waals surface area (Å²) in [6.07, 6.45) is 2.44. The number of carboxylic acid groups (broad SMARTS) is 1. The van der Waals surface area contributed by atoms with E-state index in [0.29, 0.717) is 18.3 Å². The summed E-state index contributed by atoms with van der Waals surface area (Å²) < 4.78 is 0. The second-order valence-electron chi connectivity index (χ2n) is 6.48. The minimum atomic E-state index is -0.853. The molecule has 2 amide bonds. The standard InChI is InChI=1S/C16H32N2O3/c1-6-14(15(19)20)11-17-16(21)18(9-7-12(2)3)10-8-13(4)5/h12-14H,6-11H2,1-5H3,(H,17,21)(H,19,20). The number of hydrogen-bond donors (Lipinski definition) is 2. The van der Waals surface area contributed by atoms with E-state index in [4.69, 9.17) is 5.11 Å². The molecule has 0 saturated heterocycles. The number of carbonyl (C=O) groups is 2. The van der Waals surface area contributed by atoms with Gasteiger partial charge in [0.05, 0.1) is 5.92 Å². The monoisotopic (exact) mass is 300 g/mol. The van der Waals surface area contributed by atoms with Gasteiger partial charge >= 0.3 is 12.0 Å². The van der Waals surface area contributed by atoms with E-state index in [0.717, 1.165) is 25.9 Å². The van der Waals surface area contributed by atoms with Crippen LogP contribution >= 0.6 is 0 Å². The van der Waals surface area contributed by atoms with Gasteiger partial charge in [-0.2, -0.15) is 0 Å². The van der Waals surface area contributed by atoms with Crippen LogP contribution in [0.5, 0.6) is 0 Å². The van der Waals surface area contributed by atoms with Crippen LogP contribution in [-0.2, 0) is 4.79 Å². The van der Waals surface area contributed by atoms with Crippen LogP contribution in [0.25, 0.3) is 0 Å². The highest BCUT2D eigenvalue weighted by Gasteiger charge is 2.19. The topological polar surface area (TPSA) is 69.6 Å². The molecule has 0 aromatic heterocycles. The Morgan fingerprint density at radius 3 is 1.86 bits per heavy atom. The molecule has 0 aliphatic rings. The van der Waals surface area contributed by atoms with Crippen molar-refractivity contribution >= 4 is 12.0 Å². The maximum absolute atomic E-state index is 12.2. The minimum Gasteiger partial charge on any atom is -0.481 e. The summed E-state index contributed by atoms with van der Waals surface area (Å²) in [5, 5.41) is 11.8. The molecule has 0 radical (unpaired) electrons. The molecule has 1 atom stereocenters. The van der Waals surface area contributed by atoms with Gasteiger partial charge < -0.3 is 15.3 Å². The third-order valence-corrected chi connectivity index (χ3v) is 3.58. The van der Waals surface area contributed by atoms with E-state index in [1.807, 2.05) is 11.8 Å². The van der Waals surface area contributed by atoms with Gasteiger partial charge in [0.2, 0.25) is 0 Å². The molecule has 21 heavy (non-hydrogen) atoms. The summed E-state index contributed by atoms with van der Waals surface area (Å²) in [7, 11) is 0. The first kappa shape index (κ1) is 19.7. The Balaban J connectivity index is 4.43. The highest BCUT2D eigenvalue weighted by Crippen LogP contribution is 2.07. The van der Waals surface area contributed by atoms with E-state index < -0.39 is 11.9 Å². The summed E-state index contributed by atoms with van der Waals surface area (Å²) in [5.74, 6) is -0.275. The molecule has 124 valence electrons. The lowest BCUT2D eigenvalue weighted by atomic mass is 10.1. The SMILES string of the molecule is CCC(CNC(=O)N(CCC(C)C)CCC(C)C)C(=O)O. The van der Waals surface area contributed by atoms with Gasteiger partial charge in [0.1, 0.15) is 0 Å². The second kappa shape index (κ2) is 10.5. The summed E-state index contributed by atoms with van der Waals surface area (Å²) in [4.78, 5) is 25.0. The van der Waals surface area contributed by atoms with Gasteiger partial charge in [-0.3, -0.25) is 4.79 Å². The van der Waals surface area contributed by atoms with Crippen LogP contribution in [0.1, 0.15) is 53.9 Å². The zero-order valence-corrected chi connectivity index (χ0v) is 14.2. The van der Waals surface area contributed by atoms with Crippen molar-refractivity contribution in [3.63, 3.8) is 0 Å². The lowest BCUT2D eigenvalue weighted by Gasteiger charge is -2.25. The minimum absolute atomic E-state index is 0.143. The molecule has 0 aromatic carbocycles. The molecule has 0 fully saturated rings. The number of urea groups is 1. The average Bonchev–Trinajstić information content (AvgIpc) is 2.38. The van der Waals surface area contributed by atoms with Crippen molar-refractivity contribution in [2.24, 2.45) is 17.8 Å². The Labute approximate surface area is 129 Å². The summed E-state index contributed by atoms with van der Waals surface area (Å²) in [6, 6.07) is -0.143. The zero-order valence-electron chi connectivity index (χ0n) is 14.2. The Bertz CT molecular complexity index is 305. The van der Waals surface area contributed by atoms with Crippen molar-refractivity contribution in [3.05, 3.63) is 0 Å². The number of amides is 2. The molecular weight excluding hydrogens is 268 g/mol. The van der Waals surface area contributed by atoms with Gasteiger partial charge in [-0.25, -0.2) is 4.79 Å². The first-order valence-corrected chi connectivity index (χ1v) is 8.03. The van der Waals surface area contributed by atoms with E-state index >= 15 is 0 Å². The molecule has 0 rings (SSSR count). The van der Waals surface area contributed by atoms with E-state index in [2.05, 4.69) is 33.0 Å². The first-order chi connectivity index (χ1) is 9.77. The number of hydrogen-bond acceptors (Lipinski definition) is 2. The quantitative estimate of drug-likeness (QED) is 0.651. The maximum Gasteiger partial charge on any atom is 0.317 e. The largest absolute Gasteiger partial charge is 0.481 e. The van der Waals surface area contributed by atoms with Crippen molar-refractivity contribution in [1.82, 2.24) is 10.2 Å². The molecule has 5 nitrogen and oxygen atoms in total. The molecule has 0 aromatic rings. The summed E-state index contributed by atoms with van der Waals surface area (Å²) in [6.45, 7) is 12.0. The molecule has 0 bridgehead atoms. The van der Waals surface area contributed by atoms with Crippen LogP contribution in [0.3, 0.4) is 0 Å². The molecule has 5 heteroatoms. The molecule has 0 saturated carbocycles. The second-order valence-corrected chi connectivity index (χ2v) is 6.48. The van der Waals surface area contributed by atoms with Gasteiger partial charge in [0, 0.05) is 19.6 Å². The normalized spacial score (nSPS) is 12.5. The Hall–Kier alpha value is -1.26. The van der Waals surface area contributed by atoms with Crippen molar-refractivity contribution < 1.29 is 14.7 Å². The molecular formula is C16H32N2O3. The van der Waals surface area contributed by atoms with Gasteiger partial charge in [0.15, 0.2) is 0 Å². The lowest BCUT2D eigenvalue weighted by Crippen LogP contribution is -2.44. The smallest absolute Gasteiger partial charge is 0.317 e. The van der Waals surface area contributed by atoms with E-state index in [9.17, 15) is 9.59 Å². The lowest BCUT2D eigenvalue weighted by molar-refractivity contribution is -0.141. The Kier molecular flexibility index (Phi) is 9.84. The zero-order chi connectivity index (χ0) is 16.4. The van der Waals surface area contributed by atoms with Crippen LogP contribution in [0.15, 0.2) is 0 Å². The van der Waals surface area contributed by atoms with Gasteiger partial charge in [0.25, 0.3) is 0 Å². The molecule has 0 heterocycles. The number of rotatable bonds is 10. The van der Waals surface area contributed by atoms with Crippen LogP contribution in [-0.4, -0.2) is 41.6 Å². The molecule has 0 aliphatic carbocycles. The molecule has 1 unspecified atom stereocenters. The maximum atomic E-state index is 12.2. The van der Waals surface area contributed by atoms with Crippen molar-refractivity contribution in [1.29, 1.82) is 0 Å². The molecule has 0 spiro atoms. The van der Waals surface area contributed by atoms with Gasteiger partial charge in [-0.05, 0) is 31.1 Å². The van der Waals surface area contributed by atoms with Gasteiger partial charge in [-0.1, -0.05) is 34.6 Å². The van der Waals surface area contributed by atoms with Crippen molar-refractivity contribution in [2.45, 2.75) is 53.9 Å². The predicted octanol–water partition coefficient (Wildman–Crippen LogP) is 3.20. The van der Waals surface area contributed by atoms with Crippen LogP contribution in [0.2, 0.25) is 0 Å². The summed E-state index contributed by atoms with van der Waals surface area (Å²) >= 11 is 0. The van der Waals surface area contributed by atoms with E-state index in [1.54, 1.807) is 0 Å². The van der Waals surface area contributed by atoms with Crippen molar-refractivity contribution in [2.75, 3.05) is 19.6 Å². The van der Waals surface area contributed by atoms with Crippen molar-refractivity contribution in [3.8, 4) is 0 Å². The number of carbonyl (C=O) groups excluding carboxylic acids is 1. The number of carboxylic acids is 1. The highest BCUT2D eigenvalue weighted by molar-refractivity contribution is 5.76. The number of nitrogens with one attached hydrogen (secondary N) is 1. The predicted molar refractivity (Wildman–Crippen MR) is 85.3 cm³/mol. The van der Waals surface area contributed by atoms with Gasteiger partial charge in [-0.15, -0.1) is 0 Å². The van der Waals surface area contributed by atoms with E-state index in [1.165, 1.54) is 0 Å². The summed E-state index contributed by atoms with van der Waals surface area (Å²) in [5.41, 5.74) is 0. The first-order valence-electron chi connectivity index (χ1n) is 8.03. The number of nitrogens with zero attached hydrogens (tertiary/aromatic N) is 1. The third-order valence-electron chi connectivity index (χ3n) is 3.58. The Morgan fingerprint density at radius 1 is 1.05 bits per heavy atom. The fourth-order valence-electron chi connectivity index (χ4n) is 1.87. The van der Waals surface area contributed by atoms with E-state index in [-0.39, 0.29) is 12.6 Å². The Morgan fingerprint density at radius 2 is 1.52 bits per heavy atom. The number of aliphatic carboxylic acids is 1. The molecule has 0 aliphatic heterocycles. The fraction of sp³-hybridized carbons (Fsp3) is 0.875. The third kappa shape index (κ3) is 9.32.